The van der Waals surface area contributed by atoms with E-state index < -0.39 is 5.41 Å². The van der Waals surface area contributed by atoms with E-state index in [-0.39, 0.29) is 11.8 Å². The van der Waals surface area contributed by atoms with Crippen LogP contribution in [0.3, 0.4) is 0 Å². The van der Waals surface area contributed by atoms with E-state index in [0.29, 0.717) is 12.1 Å². The summed E-state index contributed by atoms with van der Waals surface area (Å²) < 4.78 is 0.969. The Bertz CT molecular complexity index is 1110. The number of aryl methyl sites for hydroxylation is 2. The van der Waals surface area contributed by atoms with Crippen molar-refractivity contribution < 1.29 is 4.79 Å². The molecule has 0 aliphatic carbocycles. The van der Waals surface area contributed by atoms with E-state index in [9.17, 15) is 10.1 Å². The minimum absolute atomic E-state index is 0.106. The van der Waals surface area contributed by atoms with E-state index in [4.69, 9.17) is 4.98 Å². The monoisotopic (exact) mass is 418 g/mol. The molecule has 1 aliphatic rings. The summed E-state index contributed by atoms with van der Waals surface area (Å²) in [7, 11) is 0. The number of benzene rings is 1. The zero-order chi connectivity index (χ0) is 21.3. The average molecular weight is 419 g/mol. The fourth-order valence-corrected chi connectivity index (χ4v) is 5.19. The molecule has 0 radical (unpaired) electrons. The number of hydrogen-bond donors (Lipinski definition) is 0. The molecule has 3 heterocycles. The van der Waals surface area contributed by atoms with Crippen molar-refractivity contribution in [1.29, 1.82) is 5.26 Å². The van der Waals surface area contributed by atoms with E-state index >= 15 is 0 Å². The topological polar surface area (TPSA) is 69.9 Å². The Morgan fingerprint density at radius 2 is 2.07 bits per heavy atom. The summed E-state index contributed by atoms with van der Waals surface area (Å²) in [5.74, 6) is 0.283. The maximum absolute atomic E-state index is 13.0. The number of rotatable bonds is 6. The van der Waals surface area contributed by atoms with Crippen molar-refractivity contribution in [3.63, 3.8) is 0 Å². The van der Waals surface area contributed by atoms with Gasteiger partial charge in [-0.25, -0.2) is 4.98 Å². The molecule has 0 unspecified atom stereocenters. The summed E-state index contributed by atoms with van der Waals surface area (Å²) in [5.41, 5.74) is 3.07. The highest BCUT2D eigenvalue weighted by molar-refractivity contribution is 7.22. The first-order valence-electron chi connectivity index (χ1n) is 10.4. The summed E-state index contributed by atoms with van der Waals surface area (Å²) in [6, 6.07) is 14.5. The van der Waals surface area contributed by atoms with Crippen LogP contribution in [-0.2, 0) is 16.6 Å². The molecule has 1 aromatic carbocycles. The number of carbonyl (C=O) groups is 1. The SMILES string of the molecule is Cc1nc2nc(N3CCC[C@@H]3C(=O)CCc3ccccc3)sc2cc1C(C)(C)C#N. The molecule has 1 saturated heterocycles. The summed E-state index contributed by atoms with van der Waals surface area (Å²) in [6.45, 7) is 6.59. The smallest absolute Gasteiger partial charge is 0.188 e. The van der Waals surface area contributed by atoms with Crippen LogP contribution in [0.4, 0.5) is 5.13 Å². The first kappa shape index (κ1) is 20.5. The summed E-state index contributed by atoms with van der Waals surface area (Å²) in [6.07, 6.45) is 3.20. The zero-order valence-corrected chi connectivity index (χ0v) is 18.5. The van der Waals surface area contributed by atoms with Gasteiger partial charge in [-0.15, -0.1) is 0 Å². The lowest BCUT2D eigenvalue weighted by Gasteiger charge is -2.22. The van der Waals surface area contributed by atoms with E-state index in [0.717, 1.165) is 46.9 Å². The number of fused-ring (bicyclic) bond motifs is 1. The highest BCUT2D eigenvalue weighted by Crippen LogP contribution is 2.36. The van der Waals surface area contributed by atoms with Crippen molar-refractivity contribution in [2.24, 2.45) is 0 Å². The number of anilines is 1. The number of nitrogens with zero attached hydrogens (tertiary/aromatic N) is 4. The van der Waals surface area contributed by atoms with E-state index in [1.807, 2.05) is 45.0 Å². The predicted octanol–water partition coefficient (Wildman–Crippen LogP) is 4.97. The lowest BCUT2D eigenvalue weighted by Crippen LogP contribution is -2.36. The minimum Gasteiger partial charge on any atom is -0.338 e. The third-order valence-electron chi connectivity index (χ3n) is 5.89. The molecular weight excluding hydrogens is 392 g/mol. The van der Waals surface area contributed by atoms with Gasteiger partial charge in [-0.1, -0.05) is 41.7 Å². The molecule has 30 heavy (non-hydrogen) atoms. The molecule has 5 nitrogen and oxygen atoms in total. The lowest BCUT2D eigenvalue weighted by atomic mass is 9.85. The highest BCUT2D eigenvalue weighted by atomic mass is 32.1. The van der Waals surface area contributed by atoms with E-state index in [1.165, 1.54) is 5.56 Å². The van der Waals surface area contributed by atoms with Crippen molar-refractivity contribution in [2.75, 3.05) is 11.4 Å². The minimum atomic E-state index is -0.598. The van der Waals surface area contributed by atoms with Crippen LogP contribution in [0.15, 0.2) is 36.4 Å². The fourth-order valence-electron chi connectivity index (χ4n) is 4.17. The second-order valence-corrected chi connectivity index (χ2v) is 9.49. The molecule has 1 atom stereocenters. The standard InChI is InChI=1S/C24H26N4OS/c1-16-18(24(2,3)15-25)14-21-22(26-16)27-23(30-21)28-13-7-10-19(28)20(29)12-11-17-8-5-4-6-9-17/h4-6,8-9,14,19H,7,10-13H2,1-3H3/t19-/m1/s1. The van der Waals surface area contributed by atoms with Gasteiger partial charge in [0, 0.05) is 18.7 Å². The average Bonchev–Trinajstić information content (AvgIpc) is 3.38. The van der Waals surface area contributed by atoms with Crippen molar-refractivity contribution in [3.8, 4) is 6.07 Å². The molecule has 0 spiro atoms. The number of ketones is 1. The second-order valence-electron chi connectivity index (χ2n) is 8.48. The zero-order valence-electron chi connectivity index (χ0n) is 17.7. The van der Waals surface area contributed by atoms with Crippen molar-refractivity contribution in [3.05, 3.63) is 53.2 Å². The summed E-state index contributed by atoms with van der Waals surface area (Å²) in [5, 5.41) is 10.4. The normalized spacial score (nSPS) is 16.7. The maximum atomic E-state index is 13.0. The number of Topliss-reactive ketones (excluding diaryl/α,β-unsaturated/α-hetero) is 1. The maximum Gasteiger partial charge on any atom is 0.188 e. The van der Waals surface area contributed by atoms with E-state index in [2.05, 4.69) is 28.1 Å². The van der Waals surface area contributed by atoms with E-state index in [1.54, 1.807) is 11.3 Å². The van der Waals surface area contributed by atoms with Gasteiger partial charge in [-0.3, -0.25) is 4.79 Å². The number of pyridine rings is 1. The second kappa shape index (κ2) is 8.16. The van der Waals surface area contributed by atoms with Gasteiger partial charge in [-0.05, 0) is 57.2 Å². The molecule has 4 rings (SSSR count). The predicted molar refractivity (Wildman–Crippen MR) is 121 cm³/mol. The number of thiazole rings is 1. The third-order valence-corrected chi connectivity index (χ3v) is 6.92. The molecule has 2 aromatic heterocycles. The Hall–Kier alpha value is -2.78. The molecule has 1 fully saturated rings. The van der Waals surface area contributed by atoms with Crippen molar-refractivity contribution in [1.82, 2.24) is 9.97 Å². The largest absolute Gasteiger partial charge is 0.338 e. The van der Waals surface area contributed by atoms with Gasteiger partial charge in [-0.2, -0.15) is 10.2 Å². The Morgan fingerprint density at radius 1 is 1.30 bits per heavy atom. The van der Waals surface area contributed by atoms with Crippen LogP contribution in [0.25, 0.3) is 10.3 Å². The van der Waals surface area contributed by atoms with Crippen molar-refractivity contribution in [2.45, 2.75) is 57.9 Å². The molecule has 1 aliphatic heterocycles. The molecule has 154 valence electrons. The van der Waals surface area contributed by atoms with Crippen LogP contribution in [0.2, 0.25) is 0 Å². The Kier molecular flexibility index (Phi) is 5.57. The van der Waals surface area contributed by atoms with Gasteiger partial charge in [0.05, 0.1) is 22.2 Å². The van der Waals surface area contributed by atoms with Gasteiger partial charge >= 0.3 is 0 Å². The van der Waals surface area contributed by atoms with Crippen LogP contribution in [0.5, 0.6) is 0 Å². The number of aromatic nitrogens is 2. The lowest BCUT2D eigenvalue weighted by molar-refractivity contribution is -0.120. The molecule has 0 saturated carbocycles. The van der Waals surface area contributed by atoms with Gasteiger partial charge in [0.25, 0.3) is 0 Å². The molecular formula is C24H26N4OS. The number of carbonyl (C=O) groups excluding carboxylic acids is 1. The van der Waals surface area contributed by atoms with Gasteiger partial charge in [0.15, 0.2) is 16.6 Å². The Labute approximate surface area is 181 Å². The van der Waals surface area contributed by atoms with Gasteiger partial charge in [0.2, 0.25) is 0 Å². The van der Waals surface area contributed by atoms with Gasteiger partial charge in [0.1, 0.15) is 0 Å². The van der Waals surface area contributed by atoms with Gasteiger partial charge < -0.3 is 4.90 Å². The highest BCUT2D eigenvalue weighted by Gasteiger charge is 2.32. The molecule has 0 amide bonds. The fraction of sp³-hybridized carbons (Fsp3) is 0.417. The van der Waals surface area contributed by atoms with Crippen LogP contribution in [0.1, 0.15) is 49.9 Å². The number of nitriles is 1. The van der Waals surface area contributed by atoms with Crippen LogP contribution in [-0.4, -0.2) is 28.3 Å². The molecule has 0 N–H and O–H groups in total. The Morgan fingerprint density at radius 3 is 2.80 bits per heavy atom. The molecule has 0 bridgehead atoms. The third kappa shape index (κ3) is 3.95. The first-order valence-corrected chi connectivity index (χ1v) is 11.2. The quantitative estimate of drug-likeness (QED) is 0.565. The summed E-state index contributed by atoms with van der Waals surface area (Å²) >= 11 is 1.57. The van der Waals surface area contributed by atoms with Crippen LogP contribution in [0, 0.1) is 18.3 Å². The molecule has 6 heteroatoms. The molecule has 3 aromatic rings. The first-order chi connectivity index (χ1) is 14.4. The summed E-state index contributed by atoms with van der Waals surface area (Å²) in [4.78, 5) is 24.6. The number of hydrogen-bond acceptors (Lipinski definition) is 6. The van der Waals surface area contributed by atoms with Crippen molar-refractivity contribution >= 4 is 32.6 Å². The van der Waals surface area contributed by atoms with Crippen LogP contribution < -0.4 is 4.90 Å². The van der Waals surface area contributed by atoms with Crippen LogP contribution >= 0.6 is 11.3 Å². The Balaban J connectivity index is 1.56.